The van der Waals surface area contributed by atoms with Crippen LogP contribution in [0.25, 0.3) is 0 Å². The Morgan fingerprint density at radius 2 is 1.57 bits per heavy atom. The molecule has 174 valence electrons. The monoisotopic (exact) mass is 535 g/mol. The zero-order chi connectivity index (χ0) is 21.1. The van der Waals surface area contributed by atoms with E-state index >= 15 is 0 Å². The molecule has 2 fully saturated rings. The molecular formula is C22H42IN5O2. The third kappa shape index (κ3) is 9.83. The third-order valence-electron chi connectivity index (χ3n) is 5.85. The number of aliphatic imine (C=N–C) groups is 1. The first-order valence-electron chi connectivity index (χ1n) is 11.5. The Labute approximate surface area is 199 Å². The topological polar surface area (TPSA) is 77.0 Å². The van der Waals surface area contributed by atoms with Crippen LogP contribution < -0.4 is 10.6 Å². The molecule has 8 heteroatoms. The van der Waals surface area contributed by atoms with E-state index < -0.39 is 0 Å². The summed E-state index contributed by atoms with van der Waals surface area (Å²) in [7, 11) is 1.82. The molecule has 0 unspecified atom stereocenters. The number of hydrogen-bond donors (Lipinski definition) is 2. The maximum atomic E-state index is 12.4. The first kappa shape index (κ1) is 27.0. The van der Waals surface area contributed by atoms with Crippen molar-refractivity contribution in [3.63, 3.8) is 0 Å². The second-order valence-electron chi connectivity index (χ2n) is 8.79. The van der Waals surface area contributed by atoms with E-state index in [1.807, 2.05) is 16.8 Å². The highest BCUT2D eigenvalue weighted by Crippen LogP contribution is 2.17. The molecule has 1 heterocycles. The standard InChI is InChI=1S/C22H41N5O2.HI/c1-18(2)17-21(29)27-15-13-26(14-16-27)20(28)11-5-4-8-12-24-22(23-3)25-19-9-6-7-10-19;/h18-19H,4-17H2,1-3H3,(H2,23,24,25);1H. The van der Waals surface area contributed by atoms with E-state index in [0.717, 1.165) is 31.8 Å². The van der Waals surface area contributed by atoms with Gasteiger partial charge in [0.15, 0.2) is 5.96 Å². The van der Waals surface area contributed by atoms with Crippen LogP contribution in [0.1, 0.15) is 71.6 Å². The summed E-state index contributed by atoms with van der Waals surface area (Å²) in [5, 5.41) is 6.87. The maximum absolute atomic E-state index is 12.4. The van der Waals surface area contributed by atoms with Crippen LogP contribution >= 0.6 is 24.0 Å². The number of halogens is 1. The highest BCUT2D eigenvalue weighted by molar-refractivity contribution is 14.0. The molecule has 1 aliphatic carbocycles. The first-order chi connectivity index (χ1) is 14.0. The lowest BCUT2D eigenvalue weighted by atomic mass is 10.1. The van der Waals surface area contributed by atoms with Gasteiger partial charge in [0.1, 0.15) is 0 Å². The van der Waals surface area contributed by atoms with E-state index in [2.05, 4.69) is 29.5 Å². The van der Waals surface area contributed by atoms with Crippen molar-refractivity contribution in [2.75, 3.05) is 39.8 Å². The predicted molar refractivity (Wildman–Crippen MR) is 133 cm³/mol. The Balaban J connectivity index is 0.00000450. The van der Waals surface area contributed by atoms with Crippen LogP contribution in [0, 0.1) is 5.92 Å². The van der Waals surface area contributed by atoms with Crippen LogP contribution in [0.3, 0.4) is 0 Å². The Kier molecular flexibility index (Phi) is 13.4. The number of carbonyl (C=O) groups is 2. The summed E-state index contributed by atoms with van der Waals surface area (Å²) in [6.07, 6.45) is 9.30. The second-order valence-corrected chi connectivity index (χ2v) is 8.79. The van der Waals surface area contributed by atoms with Gasteiger partial charge in [-0.05, 0) is 31.6 Å². The average molecular weight is 536 g/mol. The lowest BCUT2D eigenvalue weighted by Crippen LogP contribution is -2.50. The molecule has 2 amide bonds. The van der Waals surface area contributed by atoms with Gasteiger partial charge in [0.2, 0.25) is 11.8 Å². The lowest BCUT2D eigenvalue weighted by molar-refractivity contribution is -0.140. The van der Waals surface area contributed by atoms with Gasteiger partial charge in [-0.3, -0.25) is 14.6 Å². The van der Waals surface area contributed by atoms with E-state index in [-0.39, 0.29) is 35.8 Å². The molecule has 2 N–H and O–H groups in total. The molecule has 0 bridgehead atoms. The summed E-state index contributed by atoms with van der Waals surface area (Å²) in [5.74, 6) is 1.73. The molecule has 1 aliphatic heterocycles. The van der Waals surface area contributed by atoms with E-state index in [1.165, 1.54) is 25.7 Å². The van der Waals surface area contributed by atoms with Crippen LogP contribution in [0.4, 0.5) is 0 Å². The highest BCUT2D eigenvalue weighted by atomic mass is 127. The van der Waals surface area contributed by atoms with E-state index in [0.29, 0.717) is 51.0 Å². The molecule has 2 aliphatic rings. The number of unbranched alkanes of at least 4 members (excludes halogenated alkanes) is 2. The minimum atomic E-state index is 0. The molecule has 0 aromatic rings. The van der Waals surface area contributed by atoms with Crippen LogP contribution in [0.2, 0.25) is 0 Å². The van der Waals surface area contributed by atoms with E-state index in [9.17, 15) is 9.59 Å². The number of nitrogens with zero attached hydrogens (tertiary/aromatic N) is 3. The third-order valence-corrected chi connectivity index (χ3v) is 5.85. The molecule has 0 aromatic heterocycles. The summed E-state index contributed by atoms with van der Waals surface area (Å²) >= 11 is 0. The van der Waals surface area contributed by atoms with Crippen LogP contribution in [0.5, 0.6) is 0 Å². The summed E-state index contributed by atoms with van der Waals surface area (Å²) in [4.78, 5) is 32.7. The van der Waals surface area contributed by atoms with Crippen molar-refractivity contribution in [1.29, 1.82) is 0 Å². The summed E-state index contributed by atoms with van der Waals surface area (Å²) < 4.78 is 0. The van der Waals surface area contributed by atoms with Gasteiger partial charge in [0.05, 0.1) is 0 Å². The van der Waals surface area contributed by atoms with Gasteiger partial charge in [-0.25, -0.2) is 0 Å². The molecule has 30 heavy (non-hydrogen) atoms. The average Bonchev–Trinajstić information content (AvgIpc) is 3.22. The molecule has 7 nitrogen and oxygen atoms in total. The van der Waals surface area contributed by atoms with Crippen LogP contribution in [-0.4, -0.2) is 73.4 Å². The molecule has 2 rings (SSSR count). The molecule has 0 atom stereocenters. The Hall–Kier alpha value is -1.06. The SMILES string of the molecule is CN=C(NCCCCCC(=O)N1CCN(C(=O)CC(C)C)CC1)NC1CCCC1.I. The number of rotatable bonds is 9. The molecular weight excluding hydrogens is 493 g/mol. The summed E-state index contributed by atoms with van der Waals surface area (Å²) in [6.45, 7) is 7.71. The number of hydrogen-bond acceptors (Lipinski definition) is 3. The summed E-state index contributed by atoms with van der Waals surface area (Å²) in [5.41, 5.74) is 0. The normalized spacial score (nSPS) is 17.8. The number of amides is 2. The number of guanidine groups is 1. The van der Waals surface area contributed by atoms with Crippen molar-refractivity contribution in [2.45, 2.75) is 77.7 Å². The zero-order valence-electron chi connectivity index (χ0n) is 19.1. The second kappa shape index (κ2) is 14.9. The fraction of sp³-hybridized carbons (Fsp3) is 0.864. The molecule has 1 saturated heterocycles. The van der Waals surface area contributed by atoms with Crippen LogP contribution in [0.15, 0.2) is 4.99 Å². The molecule has 1 saturated carbocycles. The maximum Gasteiger partial charge on any atom is 0.222 e. The van der Waals surface area contributed by atoms with Crippen molar-refractivity contribution in [3.8, 4) is 0 Å². The van der Waals surface area contributed by atoms with Gasteiger partial charge in [-0.2, -0.15) is 0 Å². The fourth-order valence-electron chi connectivity index (χ4n) is 4.08. The van der Waals surface area contributed by atoms with Crippen LogP contribution in [-0.2, 0) is 9.59 Å². The Bertz CT molecular complexity index is 542. The lowest BCUT2D eigenvalue weighted by Gasteiger charge is -2.35. The fourth-order valence-corrected chi connectivity index (χ4v) is 4.08. The summed E-state index contributed by atoms with van der Waals surface area (Å²) in [6, 6.07) is 0.569. The predicted octanol–water partition coefficient (Wildman–Crippen LogP) is 2.99. The first-order valence-corrected chi connectivity index (χ1v) is 11.5. The molecule has 0 radical (unpaired) electrons. The Morgan fingerprint density at radius 3 is 2.13 bits per heavy atom. The van der Waals surface area contributed by atoms with Gasteiger partial charge >= 0.3 is 0 Å². The van der Waals surface area contributed by atoms with Crippen molar-refractivity contribution < 1.29 is 9.59 Å². The van der Waals surface area contributed by atoms with Gasteiger partial charge in [0.25, 0.3) is 0 Å². The van der Waals surface area contributed by atoms with Gasteiger partial charge in [-0.15, -0.1) is 24.0 Å². The number of carbonyl (C=O) groups excluding carboxylic acids is 2. The minimum absolute atomic E-state index is 0. The van der Waals surface area contributed by atoms with Gasteiger partial charge < -0.3 is 20.4 Å². The molecule has 0 aromatic carbocycles. The van der Waals surface area contributed by atoms with E-state index in [1.54, 1.807) is 0 Å². The number of nitrogens with one attached hydrogen (secondary N) is 2. The van der Waals surface area contributed by atoms with Crippen molar-refractivity contribution in [2.24, 2.45) is 10.9 Å². The van der Waals surface area contributed by atoms with Gasteiger partial charge in [0, 0.05) is 58.7 Å². The minimum Gasteiger partial charge on any atom is -0.356 e. The smallest absolute Gasteiger partial charge is 0.222 e. The quantitative estimate of drug-likeness (QED) is 0.206. The zero-order valence-corrected chi connectivity index (χ0v) is 21.5. The number of piperazine rings is 1. The highest BCUT2D eigenvalue weighted by Gasteiger charge is 2.24. The largest absolute Gasteiger partial charge is 0.356 e. The van der Waals surface area contributed by atoms with Crippen molar-refractivity contribution in [3.05, 3.63) is 0 Å². The van der Waals surface area contributed by atoms with Crippen molar-refractivity contribution in [1.82, 2.24) is 20.4 Å². The van der Waals surface area contributed by atoms with Gasteiger partial charge in [-0.1, -0.05) is 33.1 Å². The Morgan fingerprint density at radius 1 is 0.967 bits per heavy atom. The van der Waals surface area contributed by atoms with Crippen molar-refractivity contribution >= 4 is 41.8 Å². The molecule has 0 spiro atoms. The van der Waals surface area contributed by atoms with E-state index in [4.69, 9.17) is 0 Å².